The largest absolute Gasteiger partial charge is 0.355 e. The molecule has 2 rings (SSSR count). The van der Waals surface area contributed by atoms with E-state index < -0.39 is 0 Å². The Bertz CT molecular complexity index is 440. The highest BCUT2D eigenvalue weighted by atomic mass is 35.5. The zero-order valence-corrected chi connectivity index (χ0v) is 13.1. The summed E-state index contributed by atoms with van der Waals surface area (Å²) in [6, 6.07) is 2.02. The molecule has 1 aliphatic rings. The standard InChI is InChI=1S/C15H24ClN3/c1-15(2,3)12-5-6-19(10-12)14-13(16)7-11(8-17-4)9-18-14/h7,9,12,17H,5-6,8,10H2,1-4H3. The van der Waals surface area contributed by atoms with Crippen LogP contribution in [0.25, 0.3) is 0 Å². The van der Waals surface area contributed by atoms with Gasteiger partial charge in [0.2, 0.25) is 0 Å². The van der Waals surface area contributed by atoms with E-state index in [2.05, 4.69) is 36.0 Å². The summed E-state index contributed by atoms with van der Waals surface area (Å²) in [7, 11) is 1.93. The Balaban J connectivity index is 2.11. The van der Waals surface area contributed by atoms with Gasteiger partial charge < -0.3 is 10.2 Å². The van der Waals surface area contributed by atoms with Crippen molar-refractivity contribution in [2.24, 2.45) is 11.3 Å². The van der Waals surface area contributed by atoms with Crippen LogP contribution in [0.5, 0.6) is 0 Å². The molecule has 1 atom stereocenters. The smallest absolute Gasteiger partial charge is 0.147 e. The van der Waals surface area contributed by atoms with Gasteiger partial charge in [0.25, 0.3) is 0 Å². The van der Waals surface area contributed by atoms with Crippen LogP contribution in [0.2, 0.25) is 5.02 Å². The first-order valence-corrected chi connectivity index (χ1v) is 7.33. The molecule has 1 fully saturated rings. The van der Waals surface area contributed by atoms with Crippen LogP contribution in [-0.4, -0.2) is 25.1 Å². The van der Waals surface area contributed by atoms with Crippen LogP contribution in [0.4, 0.5) is 5.82 Å². The highest BCUT2D eigenvalue weighted by molar-refractivity contribution is 6.33. The Hall–Kier alpha value is -0.800. The van der Waals surface area contributed by atoms with E-state index in [0.29, 0.717) is 11.3 Å². The molecule has 1 aromatic rings. The van der Waals surface area contributed by atoms with Crippen molar-refractivity contribution in [3.05, 3.63) is 22.8 Å². The Labute approximate surface area is 121 Å². The lowest BCUT2D eigenvalue weighted by Crippen LogP contribution is -2.26. The lowest BCUT2D eigenvalue weighted by Gasteiger charge is -2.27. The van der Waals surface area contributed by atoms with Crippen LogP contribution in [0.15, 0.2) is 12.3 Å². The summed E-state index contributed by atoms with van der Waals surface area (Å²) < 4.78 is 0. The molecule has 4 heteroatoms. The molecular weight excluding hydrogens is 258 g/mol. The predicted octanol–water partition coefficient (Wildman–Crippen LogP) is 3.33. The van der Waals surface area contributed by atoms with E-state index >= 15 is 0 Å². The Morgan fingerprint density at radius 1 is 1.47 bits per heavy atom. The van der Waals surface area contributed by atoms with Gasteiger partial charge in [-0.3, -0.25) is 0 Å². The summed E-state index contributed by atoms with van der Waals surface area (Å²) in [6.07, 6.45) is 3.14. The maximum absolute atomic E-state index is 6.38. The first kappa shape index (κ1) is 14.6. The van der Waals surface area contributed by atoms with Crippen molar-refractivity contribution >= 4 is 17.4 Å². The fourth-order valence-corrected chi connectivity index (χ4v) is 2.97. The quantitative estimate of drug-likeness (QED) is 0.921. The highest BCUT2D eigenvalue weighted by Crippen LogP contribution is 2.36. The van der Waals surface area contributed by atoms with E-state index in [0.717, 1.165) is 36.0 Å². The number of hydrogen-bond acceptors (Lipinski definition) is 3. The Morgan fingerprint density at radius 3 is 2.74 bits per heavy atom. The van der Waals surface area contributed by atoms with Gasteiger partial charge in [0.1, 0.15) is 5.82 Å². The van der Waals surface area contributed by atoms with Crippen molar-refractivity contribution in [2.45, 2.75) is 33.7 Å². The molecule has 0 radical (unpaired) electrons. The second-order valence-electron chi connectivity index (χ2n) is 6.48. The minimum absolute atomic E-state index is 0.354. The molecule has 106 valence electrons. The maximum Gasteiger partial charge on any atom is 0.147 e. The predicted molar refractivity (Wildman–Crippen MR) is 81.8 cm³/mol. The van der Waals surface area contributed by atoms with E-state index in [1.807, 2.05) is 19.3 Å². The van der Waals surface area contributed by atoms with E-state index in [4.69, 9.17) is 11.6 Å². The number of nitrogens with zero attached hydrogens (tertiary/aromatic N) is 2. The number of aromatic nitrogens is 1. The van der Waals surface area contributed by atoms with Gasteiger partial charge in [-0.25, -0.2) is 4.98 Å². The molecule has 3 nitrogen and oxygen atoms in total. The topological polar surface area (TPSA) is 28.2 Å². The summed E-state index contributed by atoms with van der Waals surface area (Å²) in [4.78, 5) is 6.87. The molecule has 1 saturated heterocycles. The molecule has 0 saturated carbocycles. The zero-order chi connectivity index (χ0) is 14.0. The van der Waals surface area contributed by atoms with Gasteiger partial charge in [-0.05, 0) is 36.4 Å². The monoisotopic (exact) mass is 281 g/mol. The van der Waals surface area contributed by atoms with Crippen molar-refractivity contribution in [1.82, 2.24) is 10.3 Å². The fourth-order valence-electron chi connectivity index (χ4n) is 2.66. The molecule has 1 N–H and O–H groups in total. The van der Waals surface area contributed by atoms with E-state index in [-0.39, 0.29) is 0 Å². The average molecular weight is 282 g/mol. The summed E-state index contributed by atoms with van der Waals surface area (Å²) >= 11 is 6.38. The van der Waals surface area contributed by atoms with Crippen LogP contribution in [0.1, 0.15) is 32.8 Å². The number of anilines is 1. The summed E-state index contributed by atoms with van der Waals surface area (Å²) in [5.74, 6) is 1.65. The molecular formula is C15H24ClN3. The summed E-state index contributed by atoms with van der Waals surface area (Å²) in [5.41, 5.74) is 1.48. The SMILES string of the molecule is CNCc1cnc(N2CCC(C(C)(C)C)C2)c(Cl)c1. The van der Waals surface area contributed by atoms with Crippen molar-refractivity contribution in [2.75, 3.05) is 25.0 Å². The van der Waals surface area contributed by atoms with Crippen molar-refractivity contribution in [1.29, 1.82) is 0 Å². The van der Waals surface area contributed by atoms with E-state index in [1.165, 1.54) is 6.42 Å². The lowest BCUT2D eigenvalue weighted by atomic mass is 9.80. The third-order valence-electron chi connectivity index (χ3n) is 3.97. The van der Waals surface area contributed by atoms with Gasteiger partial charge in [0, 0.05) is 25.8 Å². The summed E-state index contributed by atoms with van der Waals surface area (Å²) in [5, 5.41) is 3.88. The van der Waals surface area contributed by atoms with Crippen LogP contribution >= 0.6 is 11.6 Å². The van der Waals surface area contributed by atoms with Crippen LogP contribution in [-0.2, 0) is 6.54 Å². The number of nitrogens with one attached hydrogen (secondary N) is 1. The number of rotatable bonds is 3. The molecule has 0 amide bonds. The second kappa shape index (κ2) is 5.68. The highest BCUT2D eigenvalue weighted by Gasteiger charge is 2.32. The zero-order valence-electron chi connectivity index (χ0n) is 12.3. The van der Waals surface area contributed by atoms with Gasteiger partial charge in [0.05, 0.1) is 5.02 Å². The van der Waals surface area contributed by atoms with Gasteiger partial charge in [-0.15, -0.1) is 0 Å². The van der Waals surface area contributed by atoms with Crippen LogP contribution in [0, 0.1) is 11.3 Å². The third-order valence-corrected chi connectivity index (χ3v) is 4.25. The van der Waals surface area contributed by atoms with Crippen molar-refractivity contribution in [3.63, 3.8) is 0 Å². The first-order chi connectivity index (χ1) is 8.91. The first-order valence-electron chi connectivity index (χ1n) is 6.96. The van der Waals surface area contributed by atoms with Gasteiger partial charge >= 0.3 is 0 Å². The van der Waals surface area contributed by atoms with Crippen LogP contribution < -0.4 is 10.2 Å². The lowest BCUT2D eigenvalue weighted by molar-refractivity contribution is 0.263. The van der Waals surface area contributed by atoms with Crippen molar-refractivity contribution in [3.8, 4) is 0 Å². The molecule has 19 heavy (non-hydrogen) atoms. The molecule has 2 heterocycles. The Kier molecular flexibility index (Phi) is 4.36. The summed E-state index contributed by atoms with van der Waals surface area (Å²) in [6.45, 7) is 9.85. The van der Waals surface area contributed by atoms with E-state index in [9.17, 15) is 0 Å². The van der Waals surface area contributed by atoms with Gasteiger partial charge in [-0.1, -0.05) is 32.4 Å². The second-order valence-corrected chi connectivity index (χ2v) is 6.88. The number of hydrogen-bond donors (Lipinski definition) is 1. The van der Waals surface area contributed by atoms with Gasteiger partial charge in [-0.2, -0.15) is 0 Å². The number of pyridine rings is 1. The van der Waals surface area contributed by atoms with Crippen LogP contribution in [0.3, 0.4) is 0 Å². The minimum atomic E-state index is 0.354. The normalized spacial score (nSPS) is 20.1. The number of halogens is 1. The molecule has 0 bridgehead atoms. The average Bonchev–Trinajstić information content (AvgIpc) is 2.78. The van der Waals surface area contributed by atoms with E-state index in [1.54, 1.807) is 0 Å². The molecule has 0 aromatic carbocycles. The molecule has 1 unspecified atom stereocenters. The molecule has 1 aliphatic heterocycles. The van der Waals surface area contributed by atoms with Gasteiger partial charge in [0.15, 0.2) is 0 Å². The molecule has 0 spiro atoms. The maximum atomic E-state index is 6.38. The molecule has 1 aromatic heterocycles. The Morgan fingerprint density at radius 2 is 2.21 bits per heavy atom. The fraction of sp³-hybridized carbons (Fsp3) is 0.667. The molecule has 0 aliphatic carbocycles. The third kappa shape index (κ3) is 3.40. The minimum Gasteiger partial charge on any atom is -0.355 e. The van der Waals surface area contributed by atoms with Crippen molar-refractivity contribution < 1.29 is 0 Å².